The van der Waals surface area contributed by atoms with Gasteiger partial charge in [0.05, 0.1) is 0 Å². The molecule has 5 rings (SSSR count). The molecule has 0 saturated heterocycles. The zero-order chi connectivity index (χ0) is 19.3. The Labute approximate surface area is 171 Å². The van der Waals surface area contributed by atoms with Crippen LogP contribution >= 0.6 is 15.9 Å². The summed E-state index contributed by atoms with van der Waals surface area (Å²) < 4.78 is 1.06. The van der Waals surface area contributed by atoms with Crippen molar-refractivity contribution in [1.29, 1.82) is 0 Å². The molecular weight excluding hydrogens is 412 g/mol. The fraction of sp³-hybridized carbons (Fsp3) is 0.0833. The maximum absolute atomic E-state index is 10.1. The van der Waals surface area contributed by atoms with E-state index in [0.29, 0.717) is 0 Å². The van der Waals surface area contributed by atoms with E-state index in [2.05, 4.69) is 87.7 Å². The minimum absolute atomic E-state index is 0.0409. The van der Waals surface area contributed by atoms with Crippen molar-refractivity contribution in [2.24, 2.45) is 0 Å². The van der Waals surface area contributed by atoms with E-state index in [1.165, 1.54) is 22.1 Å². The van der Waals surface area contributed by atoms with E-state index < -0.39 is 0 Å². The van der Waals surface area contributed by atoms with Crippen molar-refractivity contribution in [2.45, 2.75) is 12.8 Å². The number of rotatable bonds is 3. The molecule has 0 aliphatic heterocycles. The van der Waals surface area contributed by atoms with E-state index in [-0.39, 0.29) is 11.7 Å². The average Bonchev–Trinajstić information content (AvgIpc) is 3.28. The lowest BCUT2D eigenvalue weighted by Crippen LogP contribution is -2.02. The van der Waals surface area contributed by atoms with Crippen molar-refractivity contribution in [3.05, 3.63) is 99.8 Å². The predicted octanol–water partition coefficient (Wildman–Crippen LogP) is 6.61. The molecule has 0 amide bonds. The molecule has 2 heterocycles. The molecule has 3 aromatic carbocycles. The molecule has 3 nitrogen and oxygen atoms in total. The number of aromatic amines is 2. The maximum Gasteiger partial charge on any atom is 0.116 e. The van der Waals surface area contributed by atoms with Crippen LogP contribution < -0.4 is 0 Å². The Balaban J connectivity index is 1.81. The minimum atomic E-state index is 0.0409. The summed E-state index contributed by atoms with van der Waals surface area (Å²) in [5.74, 6) is 0.317. The van der Waals surface area contributed by atoms with Gasteiger partial charge >= 0.3 is 0 Å². The third kappa shape index (κ3) is 2.81. The molecular formula is C24H19BrN2O. The van der Waals surface area contributed by atoms with Gasteiger partial charge in [-0.1, -0.05) is 39.7 Å². The zero-order valence-electron chi connectivity index (χ0n) is 15.3. The van der Waals surface area contributed by atoms with Gasteiger partial charge in [-0.15, -0.1) is 0 Å². The minimum Gasteiger partial charge on any atom is -0.508 e. The first-order chi connectivity index (χ1) is 13.6. The summed E-state index contributed by atoms with van der Waals surface area (Å²) in [5.41, 5.74) is 6.96. The highest BCUT2D eigenvalue weighted by Gasteiger charge is 2.23. The van der Waals surface area contributed by atoms with E-state index >= 15 is 0 Å². The highest BCUT2D eigenvalue weighted by atomic mass is 79.9. The number of benzene rings is 3. The molecule has 5 aromatic rings. The standard InChI is InChI=1S/C24H19BrN2O/c1-14-2-8-22-18(10-14)20(12-26-22)24(15-3-5-16(25)6-4-15)21-13-27-23-9-7-17(28)11-19(21)23/h2-13,24,26-28H,1H3. The number of H-pyrrole nitrogens is 2. The second-order valence-corrected chi connectivity index (χ2v) is 8.17. The summed E-state index contributed by atoms with van der Waals surface area (Å²) in [6, 6.07) is 20.4. The van der Waals surface area contributed by atoms with Gasteiger partial charge < -0.3 is 15.1 Å². The number of aromatic hydroxyl groups is 1. The smallest absolute Gasteiger partial charge is 0.116 e. The highest BCUT2D eigenvalue weighted by Crippen LogP contribution is 2.40. The Bertz CT molecular complexity index is 1220. The number of hydrogen-bond donors (Lipinski definition) is 3. The number of phenolic OH excluding ortho intramolecular Hbond substituents is 1. The lowest BCUT2D eigenvalue weighted by atomic mass is 9.84. The van der Waals surface area contributed by atoms with Crippen molar-refractivity contribution >= 4 is 37.7 Å². The van der Waals surface area contributed by atoms with Crippen LogP contribution in [0.25, 0.3) is 21.8 Å². The van der Waals surface area contributed by atoms with Crippen LogP contribution in [0.4, 0.5) is 0 Å². The Morgan fingerprint density at radius 2 is 1.39 bits per heavy atom. The summed E-state index contributed by atoms with van der Waals surface area (Å²) in [6.07, 6.45) is 4.17. The largest absolute Gasteiger partial charge is 0.508 e. The molecule has 0 saturated carbocycles. The third-order valence-electron chi connectivity index (χ3n) is 5.39. The number of hydrogen-bond acceptors (Lipinski definition) is 1. The number of halogens is 1. The predicted molar refractivity (Wildman–Crippen MR) is 118 cm³/mol. The quantitative estimate of drug-likeness (QED) is 0.296. The second kappa shape index (κ2) is 6.57. The van der Waals surface area contributed by atoms with Crippen LogP contribution in [-0.2, 0) is 0 Å². The van der Waals surface area contributed by atoms with Gasteiger partial charge in [-0.2, -0.15) is 0 Å². The van der Waals surface area contributed by atoms with Crippen LogP contribution in [0.3, 0.4) is 0 Å². The van der Waals surface area contributed by atoms with Gasteiger partial charge in [-0.25, -0.2) is 0 Å². The van der Waals surface area contributed by atoms with E-state index in [9.17, 15) is 5.11 Å². The summed E-state index contributed by atoms with van der Waals surface area (Å²) in [4.78, 5) is 6.80. The molecule has 0 radical (unpaired) electrons. The lowest BCUT2D eigenvalue weighted by molar-refractivity contribution is 0.476. The van der Waals surface area contributed by atoms with E-state index in [1.54, 1.807) is 6.07 Å². The fourth-order valence-electron chi connectivity index (χ4n) is 4.05. The zero-order valence-corrected chi connectivity index (χ0v) is 16.9. The lowest BCUT2D eigenvalue weighted by Gasteiger charge is -2.18. The number of phenols is 1. The molecule has 28 heavy (non-hydrogen) atoms. The van der Waals surface area contributed by atoms with Gasteiger partial charge in [0.2, 0.25) is 0 Å². The summed E-state index contributed by atoms with van der Waals surface area (Å²) in [6.45, 7) is 2.12. The van der Waals surface area contributed by atoms with Crippen molar-refractivity contribution in [3.63, 3.8) is 0 Å². The normalized spacial score (nSPS) is 12.6. The van der Waals surface area contributed by atoms with Crippen LogP contribution in [-0.4, -0.2) is 15.1 Å². The average molecular weight is 431 g/mol. The van der Waals surface area contributed by atoms with Crippen LogP contribution in [0.1, 0.15) is 28.2 Å². The summed E-state index contributed by atoms with van der Waals surface area (Å²) in [5, 5.41) is 12.3. The number of aromatic nitrogens is 2. The first-order valence-electron chi connectivity index (χ1n) is 9.23. The van der Waals surface area contributed by atoms with Crippen molar-refractivity contribution in [3.8, 4) is 5.75 Å². The summed E-state index contributed by atoms with van der Waals surface area (Å²) in [7, 11) is 0. The van der Waals surface area contributed by atoms with Gasteiger partial charge in [0.25, 0.3) is 0 Å². The molecule has 1 unspecified atom stereocenters. The Hall–Kier alpha value is -2.98. The maximum atomic E-state index is 10.1. The van der Waals surface area contributed by atoms with Gasteiger partial charge in [0, 0.05) is 44.6 Å². The van der Waals surface area contributed by atoms with Crippen molar-refractivity contribution < 1.29 is 5.11 Å². The number of fused-ring (bicyclic) bond motifs is 2. The Morgan fingerprint density at radius 1 is 0.786 bits per heavy atom. The first kappa shape index (κ1) is 17.1. The molecule has 4 heteroatoms. The molecule has 1 atom stereocenters. The molecule has 138 valence electrons. The van der Waals surface area contributed by atoms with Crippen LogP contribution in [0.2, 0.25) is 0 Å². The number of nitrogens with one attached hydrogen (secondary N) is 2. The monoisotopic (exact) mass is 430 g/mol. The third-order valence-corrected chi connectivity index (χ3v) is 5.92. The molecule has 3 N–H and O–H groups in total. The first-order valence-corrected chi connectivity index (χ1v) is 10.0. The molecule has 0 bridgehead atoms. The van der Waals surface area contributed by atoms with Gasteiger partial charge in [0.15, 0.2) is 0 Å². The summed E-state index contributed by atoms with van der Waals surface area (Å²) >= 11 is 3.55. The van der Waals surface area contributed by atoms with Crippen molar-refractivity contribution in [2.75, 3.05) is 0 Å². The van der Waals surface area contributed by atoms with Crippen LogP contribution in [0.5, 0.6) is 5.75 Å². The van der Waals surface area contributed by atoms with Gasteiger partial charge in [0.1, 0.15) is 5.75 Å². The van der Waals surface area contributed by atoms with E-state index in [1.807, 2.05) is 12.1 Å². The number of aryl methyl sites for hydroxylation is 1. The van der Waals surface area contributed by atoms with Crippen LogP contribution in [0, 0.1) is 6.92 Å². The van der Waals surface area contributed by atoms with Gasteiger partial charge in [-0.3, -0.25) is 0 Å². The molecule has 2 aromatic heterocycles. The molecule has 0 aliphatic rings. The molecule has 0 spiro atoms. The van der Waals surface area contributed by atoms with E-state index in [4.69, 9.17) is 0 Å². The second-order valence-electron chi connectivity index (χ2n) is 7.25. The van der Waals surface area contributed by atoms with Gasteiger partial charge in [-0.05, 0) is 66.1 Å². The SMILES string of the molecule is Cc1ccc2[nH]cc(C(c3ccc(Br)cc3)c3c[nH]c4ccc(O)cc34)c2c1. The Kier molecular flexibility index (Phi) is 4.02. The van der Waals surface area contributed by atoms with Crippen molar-refractivity contribution in [1.82, 2.24) is 9.97 Å². The fourth-order valence-corrected chi connectivity index (χ4v) is 4.31. The molecule has 0 fully saturated rings. The topological polar surface area (TPSA) is 51.8 Å². The van der Waals surface area contributed by atoms with E-state index in [0.717, 1.165) is 26.5 Å². The highest BCUT2D eigenvalue weighted by molar-refractivity contribution is 9.10. The van der Waals surface area contributed by atoms with Crippen LogP contribution in [0.15, 0.2) is 77.5 Å². The molecule has 0 aliphatic carbocycles. The Morgan fingerprint density at radius 3 is 2.07 bits per heavy atom.